The lowest BCUT2D eigenvalue weighted by molar-refractivity contribution is -0.137. The normalized spacial score (nSPS) is 28.2. The van der Waals surface area contributed by atoms with Crippen LogP contribution in [0.1, 0.15) is 88.0 Å². The molecule has 0 radical (unpaired) electrons. The summed E-state index contributed by atoms with van der Waals surface area (Å²) in [7, 11) is -2.83. The third-order valence-corrected chi connectivity index (χ3v) is 10.4. The van der Waals surface area contributed by atoms with Crippen LogP contribution in [-0.2, 0) is 13.6 Å². The molecule has 0 saturated carbocycles. The highest BCUT2D eigenvalue weighted by Crippen LogP contribution is 2.54. The van der Waals surface area contributed by atoms with E-state index in [9.17, 15) is 4.79 Å². The van der Waals surface area contributed by atoms with Gasteiger partial charge in [-0.25, -0.2) is 0 Å². The second-order valence-electron chi connectivity index (χ2n) is 9.33. The van der Waals surface area contributed by atoms with Gasteiger partial charge in [0.05, 0.1) is 12.5 Å². The molecule has 1 heterocycles. The lowest BCUT2D eigenvalue weighted by Crippen LogP contribution is -2.60. The molecular formula is C20H38O3Si. The summed E-state index contributed by atoms with van der Waals surface area (Å²) in [6.07, 6.45) is 5.79. The highest BCUT2D eigenvalue weighted by molar-refractivity contribution is 6.74. The zero-order valence-electron chi connectivity index (χ0n) is 17.3. The van der Waals surface area contributed by atoms with Gasteiger partial charge in [0, 0.05) is 16.0 Å². The molecule has 2 atom stereocenters. The van der Waals surface area contributed by atoms with Gasteiger partial charge in [0.15, 0.2) is 0 Å². The Kier molecular flexibility index (Phi) is 6.91. The first-order valence-electron chi connectivity index (χ1n) is 9.42. The molecule has 0 bridgehead atoms. The van der Waals surface area contributed by atoms with E-state index in [2.05, 4.69) is 62.3 Å². The average Bonchev–Trinajstić information content (AvgIpc) is 2.48. The van der Waals surface area contributed by atoms with Crippen molar-refractivity contribution in [2.45, 2.75) is 104 Å². The predicted molar refractivity (Wildman–Crippen MR) is 103 cm³/mol. The molecule has 4 heteroatoms. The number of carbonyl (C=O) groups is 1. The van der Waals surface area contributed by atoms with Gasteiger partial charge in [0.25, 0.3) is 5.97 Å². The molecule has 0 aromatic heterocycles. The third kappa shape index (κ3) is 4.51. The molecule has 0 unspecified atom stereocenters. The Bertz CT molecular complexity index is 454. The van der Waals surface area contributed by atoms with E-state index in [0.717, 1.165) is 19.3 Å². The standard InChI is InChI=1S/C20H38O3Si/c1-10-11-12-17-16(3)15(2)13-14-18(21)23-24(22-17,19(4,5)6)20(7,8)9/h13,16-17H,10-12,14H2,1-9H3/b15-13+/t16-,17+/m0/s1. The molecule has 0 aromatic carbocycles. The molecule has 3 nitrogen and oxygen atoms in total. The molecule has 1 aliphatic rings. The molecule has 0 spiro atoms. The topological polar surface area (TPSA) is 35.5 Å². The molecule has 0 aliphatic carbocycles. The van der Waals surface area contributed by atoms with Crippen LogP contribution in [0.4, 0.5) is 0 Å². The van der Waals surface area contributed by atoms with Gasteiger partial charge in [-0.1, -0.05) is 79.9 Å². The summed E-state index contributed by atoms with van der Waals surface area (Å²) in [4.78, 5) is 12.6. The van der Waals surface area contributed by atoms with Crippen LogP contribution in [0.2, 0.25) is 10.1 Å². The van der Waals surface area contributed by atoms with Crippen LogP contribution in [0.3, 0.4) is 0 Å². The Morgan fingerprint density at radius 2 is 1.71 bits per heavy atom. The third-order valence-electron chi connectivity index (χ3n) is 5.26. The Morgan fingerprint density at radius 3 is 2.17 bits per heavy atom. The summed E-state index contributed by atoms with van der Waals surface area (Å²) in [5.41, 5.74) is 1.24. The summed E-state index contributed by atoms with van der Waals surface area (Å²) >= 11 is 0. The van der Waals surface area contributed by atoms with Crippen molar-refractivity contribution < 1.29 is 13.6 Å². The van der Waals surface area contributed by atoms with E-state index in [1.807, 2.05) is 6.08 Å². The largest absolute Gasteiger partial charge is 0.493 e. The average molecular weight is 355 g/mol. The summed E-state index contributed by atoms with van der Waals surface area (Å²) < 4.78 is 13.1. The second-order valence-corrected chi connectivity index (χ2v) is 14.0. The van der Waals surface area contributed by atoms with E-state index >= 15 is 0 Å². The Morgan fingerprint density at radius 1 is 1.17 bits per heavy atom. The Hall–Kier alpha value is -0.613. The first-order chi connectivity index (χ1) is 10.9. The van der Waals surface area contributed by atoms with Gasteiger partial charge < -0.3 is 8.85 Å². The van der Waals surface area contributed by atoms with Crippen LogP contribution in [0, 0.1) is 5.92 Å². The van der Waals surface area contributed by atoms with Crippen LogP contribution in [0.5, 0.6) is 0 Å². The van der Waals surface area contributed by atoms with Gasteiger partial charge in [-0.15, -0.1) is 0 Å². The van der Waals surface area contributed by atoms with Gasteiger partial charge in [0.1, 0.15) is 0 Å². The highest BCUT2D eigenvalue weighted by Gasteiger charge is 2.62. The molecule has 0 aromatic rings. The fourth-order valence-electron chi connectivity index (χ4n) is 3.76. The van der Waals surface area contributed by atoms with Gasteiger partial charge in [0.2, 0.25) is 0 Å². The zero-order chi connectivity index (χ0) is 18.8. The number of hydrogen-bond acceptors (Lipinski definition) is 3. The molecule has 0 N–H and O–H groups in total. The van der Waals surface area contributed by atoms with Crippen molar-refractivity contribution >= 4 is 14.5 Å². The van der Waals surface area contributed by atoms with Crippen LogP contribution in [0.25, 0.3) is 0 Å². The van der Waals surface area contributed by atoms with Crippen LogP contribution < -0.4 is 0 Å². The maximum Gasteiger partial charge on any atom is 0.412 e. The minimum atomic E-state index is -2.83. The summed E-state index contributed by atoms with van der Waals surface area (Å²) in [6.45, 7) is 19.5. The number of hydrogen-bond donors (Lipinski definition) is 0. The first kappa shape index (κ1) is 21.4. The quantitative estimate of drug-likeness (QED) is 0.451. The smallest absolute Gasteiger partial charge is 0.412 e. The predicted octanol–water partition coefficient (Wildman–Crippen LogP) is 6.13. The van der Waals surface area contributed by atoms with Gasteiger partial charge in [-0.05, 0) is 13.3 Å². The lowest BCUT2D eigenvalue weighted by Gasteiger charge is -2.50. The summed E-state index contributed by atoms with van der Waals surface area (Å²) in [5, 5.41) is -0.382. The van der Waals surface area contributed by atoms with E-state index in [-0.39, 0.29) is 22.1 Å². The van der Waals surface area contributed by atoms with Crippen molar-refractivity contribution in [2.24, 2.45) is 5.92 Å². The lowest BCUT2D eigenvalue weighted by atomic mass is 9.92. The highest BCUT2D eigenvalue weighted by atomic mass is 28.4. The monoisotopic (exact) mass is 354 g/mol. The molecule has 140 valence electrons. The van der Waals surface area contributed by atoms with E-state index in [0.29, 0.717) is 12.3 Å². The van der Waals surface area contributed by atoms with Crippen molar-refractivity contribution in [2.75, 3.05) is 0 Å². The fraction of sp³-hybridized carbons (Fsp3) is 0.850. The number of carbonyl (C=O) groups excluding carboxylic acids is 1. The summed E-state index contributed by atoms with van der Waals surface area (Å²) in [5.74, 6) is 0.164. The van der Waals surface area contributed by atoms with E-state index in [1.165, 1.54) is 5.57 Å². The van der Waals surface area contributed by atoms with Gasteiger partial charge >= 0.3 is 8.56 Å². The first-order valence-corrected chi connectivity index (χ1v) is 11.2. The Labute approximate surface area is 150 Å². The van der Waals surface area contributed by atoms with Crippen LogP contribution in [0.15, 0.2) is 11.6 Å². The minimum absolute atomic E-state index is 0.109. The molecule has 0 fully saturated rings. The van der Waals surface area contributed by atoms with E-state index in [4.69, 9.17) is 8.85 Å². The van der Waals surface area contributed by atoms with Crippen LogP contribution >= 0.6 is 0 Å². The maximum atomic E-state index is 12.6. The number of unbranched alkanes of at least 4 members (excludes halogenated alkanes) is 1. The molecule has 1 rings (SSSR count). The molecule has 24 heavy (non-hydrogen) atoms. The molecule has 0 saturated heterocycles. The molecule has 1 aliphatic heterocycles. The molecular weight excluding hydrogens is 316 g/mol. The molecule has 0 amide bonds. The van der Waals surface area contributed by atoms with Gasteiger partial charge in [-0.2, -0.15) is 0 Å². The second kappa shape index (κ2) is 7.73. The zero-order valence-corrected chi connectivity index (χ0v) is 18.3. The SMILES string of the molecule is CCCC[C@H]1O[Si](C(C)(C)C)(C(C)(C)C)OC(=O)C/C=C(\C)[C@@H]1C. The maximum absolute atomic E-state index is 12.6. The van der Waals surface area contributed by atoms with Crippen molar-refractivity contribution in [1.82, 2.24) is 0 Å². The van der Waals surface area contributed by atoms with Crippen molar-refractivity contribution in [3.05, 3.63) is 11.6 Å². The number of rotatable bonds is 3. The fourth-order valence-corrected chi connectivity index (χ4v) is 8.53. The van der Waals surface area contributed by atoms with Crippen LogP contribution in [-0.4, -0.2) is 20.6 Å². The van der Waals surface area contributed by atoms with E-state index < -0.39 is 8.56 Å². The Balaban J connectivity index is 3.43. The van der Waals surface area contributed by atoms with Gasteiger partial charge in [-0.3, -0.25) is 4.79 Å². The van der Waals surface area contributed by atoms with Crippen molar-refractivity contribution in [3.8, 4) is 0 Å². The minimum Gasteiger partial charge on any atom is -0.493 e. The summed E-state index contributed by atoms with van der Waals surface area (Å²) in [6, 6.07) is 0. The van der Waals surface area contributed by atoms with Crippen molar-refractivity contribution in [1.29, 1.82) is 0 Å². The van der Waals surface area contributed by atoms with Crippen molar-refractivity contribution in [3.63, 3.8) is 0 Å². The van der Waals surface area contributed by atoms with E-state index in [1.54, 1.807) is 0 Å².